The Balaban J connectivity index is 1.40. The van der Waals surface area contributed by atoms with Crippen molar-refractivity contribution < 1.29 is 24.2 Å². The van der Waals surface area contributed by atoms with Crippen LogP contribution in [0.15, 0.2) is 48.5 Å². The monoisotopic (exact) mass is 409 g/mol. The Kier molecular flexibility index (Phi) is 6.04. The molecule has 1 unspecified atom stereocenters. The molecule has 2 aliphatic rings. The summed E-state index contributed by atoms with van der Waals surface area (Å²) in [7, 11) is 1.68. The molecule has 0 bridgehead atoms. The van der Waals surface area contributed by atoms with Gasteiger partial charge in [0.25, 0.3) is 0 Å². The summed E-state index contributed by atoms with van der Waals surface area (Å²) < 4.78 is 10.9. The number of hydrogen-bond donors (Lipinski definition) is 2. The van der Waals surface area contributed by atoms with Gasteiger partial charge in [0.2, 0.25) is 0 Å². The molecule has 6 heteroatoms. The average molecular weight is 409 g/mol. The van der Waals surface area contributed by atoms with Crippen molar-refractivity contribution in [3.63, 3.8) is 0 Å². The fourth-order valence-electron chi connectivity index (χ4n) is 4.81. The van der Waals surface area contributed by atoms with E-state index in [1.165, 1.54) is 0 Å². The molecule has 6 nitrogen and oxygen atoms in total. The van der Waals surface area contributed by atoms with E-state index in [-0.39, 0.29) is 24.5 Å². The smallest absolute Gasteiger partial charge is 0.407 e. The normalized spacial score (nSPS) is 21.4. The van der Waals surface area contributed by atoms with Crippen molar-refractivity contribution in [1.29, 1.82) is 0 Å². The van der Waals surface area contributed by atoms with Gasteiger partial charge in [0, 0.05) is 13.0 Å². The van der Waals surface area contributed by atoms with Gasteiger partial charge in [-0.2, -0.15) is 0 Å². The highest BCUT2D eigenvalue weighted by molar-refractivity contribution is 5.81. The predicted octanol–water partition coefficient (Wildman–Crippen LogP) is 4.18. The highest BCUT2D eigenvalue weighted by atomic mass is 16.5. The van der Waals surface area contributed by atoms with E-state index in [2.05, 4.69) is 29.6 Å². The SMILES string of the molecule is COC1CCC(C(NC(=O)OCC2c3ccccc3-c3ccccc32)C(=O)O)CC1. The van der Waals surface area contributed by atoms with Crippen LogP contribution in [0.3, 0.4) is 0 Å². The molecule has 0 saturated heterocycles. The molecule has 2 aromatic rings. The third kappa shape index (κ3) is 4.05. The molecule has 0 aromatic heterocycles. The number of aliphatic carboxylic acids is 1. The summed E-state index contributed by atoms with van der Waals surface area (Å²) in [5, 5.41) is 12.2. The number of fused-ring (bicyclic) bond motifs is 3. The first-order valence-corrected chi connectivity index (χ1v) is 10.5. The van der Waals surface area contributed by atoms with Crippen molar-refractivity contribution in [3.8, 4) is 11.1 Å². The minimum absolute atomic E-state index is 0.0523. The van der Waals surface area contributed by atoms with Crippen LogP contribution in [-0.2, 0) is 14.3 Å². The number of hydrogen-bond acceptors (Lipinski definition) is 4. The molecular weight excluding hydrogens is 382 g/mol. The molecule has 4 rings (SSSR count). The van der Waals surface area contributed by atoms with Gasteiger partial charge in [-0.1, -0.05) is 48.5 Å². The zero-order chi connectivity index (χ0) is 21.1. The van der Waals surface area contributed by atoms with Crippen molar-refractivity contribution in [2.45, 2.75) is 43.7 Å². The molecule has 1 fully saturated rings. The fourth-order valence-corrected chi connectivity index (χ4v) is 4.81. The highest BCUT2D eigenvalue weighted by Crippen LogP contribution is 2.44. The first-order valence-electron chi connectivity index (χ1n) is 10.5. The van der Waals surface area contributed by atoms with Gasteiger partial charge in [-0.25, -0.2) is 9.59 Å². The molecule has 0 radical (unpaired) electrons. The summed E-state index contributed by atoms with van der Waals surface area (Å²) in [4.78, 5) is 24.3. The number of ether oxygens (including phenoxy) is 2. The van der Waals surface area contributed by atoms with Crippen LogP contribution in [0.25, 0.3) is 11.1 Å². The van der Waals surface area contributed by atoms with Gasteiger partial charge in [-0.05, 0) is 53.9 Å². The lowest BCUT2D eigenvalue weighted by Crippen LogP contribution is -2.47. The molecule has 2 N–H and O–H groups in total. The van der Waals surface area contributed by atoms with Gasteiger partial charge < -0.3 is 19.9 Å². The molecule has 0 aliphatic heterocycles. The number of rotatable bonds is 6. The van der Waals surface area contributed by atoms with Gasteiger partial charge in [0.1, 0.15) is 12.6 Å². The summed E-state index contributed by atoms with van der Waals surface area (Å²) in [5.41, 5.74) is 4.55. The summed E-state index contributed by atoms with van der Waals surface area (Å²) in [6.45, 7) is 0.169. The Labute approximate surface area is 176 Å². The van der Waals surface area contributed by atoms with Crippen molar-refractivity contribution in [1.82, 2.24) is 5.32 Å². The quantitative estimate of drug-likeness (QED) is 0.748. The van der Waals surface area contributed by atoms with E-state index in [1.807, 2.05) is 24.3 Å². The van der Waals surface area contributed by atoms with Gasteiger partial charge in [0.05, 0.1) is 6.10 Å². The molecular formula is C24H27NO5. The topological polar surface area (TPSA) is 84.9 Å². The van der Waals surface area contributed by atoms with Gasteiger partial charge in [-0.15, -0.1) is 0 Å². The van der Waals surface area contributed by atoms with Crippen LogP contribution in [0.2, 0.25) is 0 Å². The van der Waals surface area contributed by atoms with Crippen LogP contribution in [0.5, 0.6) is 0 Å². The van der Waals surface area contributed by atoms with Gasteiger partial charge in [0.15, 0.2) is 0 Å². The van der Waals surface area contributed by atoms with Crippen molar-refractivity contribution >= 4 is 12.1 Å². The summed E-state index contributed by atoms with van der Waals surface area (Å²) >= 11 is 0. The fraction of sp³-hybridized carbons (Fsp3) is 0.417. The minimum Gasteiger partial charge on any atom is -0.480 e. The second kappa shape index (κ2) is 8.88. The zero-order valence-corrected chi connectivity index (χ0v) is 17.0. The highest BCUT2D eigenvalue weighted by Gasteiger charge is 2.34. The van der Waals surface area contributed by atoms with Crippen LogP contribution in [0, 0.1) is 5.92 Å². The molecule has 2 aliphatic carbocycles. The maximum Gasteiger partial charge on any atom is 0.407 e. The number of methoxy groups -OCH3 is 1. The zero-order valence-electron chi connectivity index (χ0n) is 17.0. The van der Waals surface area contributed by atoms with Crippen molar-refractivity contribution in [2.75, 3.05) is 13.7 Å². The Morgan fingerprint density at radius 3 is 2.10 bits per heavy atom. The Morgan fingerprint density at radius 2 is 1.57 bits per heavy atom. The number of carbonyl (C=O) groups excluding carboxylic acids is 1. The van der Waals surface area contributed by atoms with E-state index in [1.54, 1.807) is 7.11 Å². The van der Waals surface area contributed by atoms with Gasteiger partial charge in [-0.3, -0.25) is 0 Å². The number of alkyl carbamates (subject to hydrolysis) is 1. The largest absolute Gasteiger partial charge is 0.480 e. The lowest BCUT2D eigenvalue weighted by atomic mass is 9.82. The van der Waals surface area contributed by atoms with Crippen LogP contribution < -0.4 is 5.32 Å². The second-order valence-electron chi connectivity index (χ2n) is 8.06. The lowest BCUT2D eigenvalue weighted by Gasteiger charge is -2.31. The van der Waals surface area contributed by atoms with Crippen LogP contribution in [-0.4, -0.2) is 43.0 Å². The maximum atomic E-state index is 12.5. The number of benzene rings is 2. The Hall–Kier alpha value is -2.86. The molecule has 1 amide bonds. The van der Waals surface area contributed by atoms with Crippen molar-refractivity contribution in [2.24, 2.45) is 5.92 Å². The van der Waals surface area contributed by atoms with E-state index < -0.39 is 18.1 Å². The molecule has 1 saturated carbocycles. The van der Waals surface area contributed by atoms with Crippen LogP contribution in [0.4, 0.5) is 4.79 Å². The number of amides is 1. The van der Waals surface area contributed by atoms with E-state index in [4.69, 9.17) is 9.47 Å². The van der Waals surface area contributed by atoms with Gasteiger partial charge >= 0.3 is 12.1 Å². The maximum absolute atomic E-state index is 12.5. The molecule has 1 atom stereocenters. The van der Waals surface area contributed by atoms with E-state index >= 15 is 0 Å². The first-order chi connectivity index (χ1) is 14.6. The first kappa shape index (κ1) is 20.4. The summed E-state index contributed by atoms with van der Waals surface area (Å²) in [6.07, 6.45) is 2.51. The number of nitrogens with one attached hydrogen (secondary N) is 1. The van der Waals surface area contributed by atoms with E-state index in [0.717, 1.165) is 35.1 Å². The molecule has 0 heterocycles. The van der Waals surface area contributed by atoms with E-state index in [0.29, 0.717) is 12.8 Å². The third-order valence-corrected chi connectivity index (χ3v) is 6.41. The number of carboxylic acid groups (broad SMARTS) is 1. The summed E-state index contributed by atoms with van der Waals surface area (Å²) in [6, 6.07) is 15.3. The molecule has 2 aromatic carbocycles. The number of carboxylic acids is 1. The molecule has 158 valence electrons. The van der Waals surface area contributed by atoms with Crippen molar-refractivity contribution in [3.05, 3.63) is 59.7 Å². The lowest BCUT2D eigenvalue weighted by molar-refractivity contribution is -0.141. The van der Waals surface area contributed by atoms with Crippen LogP contribution in [0.1, 0.15) is 42.7 Å². The van der Waals surface area contributed by atoms with E-state index in [9.17, 15) is 14.7 Å². The van der Waals surface area contributed by atoms with Crippen LogP contribution >= 0.6 is 0 Å². The molecule has 0 spiro atoms. The molecule has 30 heavy (non-hydrogen) atoms. The Bertz CT molecular complexity index is 874. The average Bonchev–Trinajstić information content (AvgIpc) is 3.10. The number of carbonyl (C=O) groups is 2. The standard InChI is InChI=1S/C24H27NO5/c1-29-16-12-10-15(11-13-16)22(23(26)27)25-24(28)30-14-21-19-8-4-2-6-17(19)18-7-3-5-9-20(18)21/h2-9,15-16,21-22H,10-14H2,1H3,(H,25,28)(H,26,27). The third-order valence-electron chi connectivity index (χ3n) is 6.41. The second-order valence-corrected chi connectivity index (χ2v) is 8.06. The Morgan fingerprint density at radius 1 is 1.00 bits per heavy atom. The summed E-state index contributed by atoms with van der Waals surface area (Å²) in [5.74, 6) is -1.19. The minimum atomic E-state index is -1.02. The predicted molar refractivity (Wildman–Crippen MR) is 112 cm³/mol.